The van der Waals surface area contributed by atoms with Gasteiger partial charge in [-0.1, -0.05) is 27.5 Å². The van der Waals surface area contributed by atoms with E-state index in [1.165, 1.54) is 24.3 Å². The third-order valence-corrected chi connectivity index (χ3v) is 3.37. The highest BCUT2D eigenvalue weighted by atomic mass is 79.9. The van der Waals surface area contributed by atoms with Crippen molar-refractivity contribution in [3.63, 3.8) is 0 Å². The second-order valence-corrected chi connectivity index (χ2v) is 5.36. The molecule has 7 heteroatoms. The SMILES string of the molecule is O=[N+]([O-])c1ccc(Cl)cc1CNc1ccc(Br)cc1F. The Morgan fingerprint density at radius 1 is 1.30 bits per heavy atom. The van der Waals surface area contributed by atoms with Crippen LogP contribution in [0, 0.1) is 15.9 Å². The lowest BCUT2D eigenvalue weighted by Gasteiger charge is -2.08. The molecule has 20 heavy (non-hydrogen) atoms. The van der Waals surface area contributed by atoms with Gasteiger partial charge in [0.05, 0.1) is 16.2 Å². The molecule has 0 fully saturated rings. The van der Waals surface area contributed by atoms with Crippen LogP contribution >= 0.6 is 27.5 Å². The third kappa shape index (κ3) is 3.46. The molecule has 0 aliphatic heterocycles. The highest BCUT2D eigenvalue weighted by Gasteiger charge is 2.14. The number of benzene rings is 2. The monoisotopic (exact) mass is 358 g/mol. The Kier molecular flexibility index (Phi) is 4.57. The summed E-state index contributed by atoms with van der Waals surface area (Å²) in [6, 6.07) is 8.81. The first-order valence-electron chi connectivity index (χ1n) is 5.59. The van der Waals surface area contributed by atoms with Crippen molar-refractivity contribution in [3.8, 4) is 0 Å². The third-order valence-electron chi connectivity index (χ3n) is 2.64. The summed E-state index contributed by atoms with van der Waals surface area (Å²) < 4.78 is 14.3. The van der Waals surface area contributed by atoms with Gasteiger partial charge in [-0.3, -0.25) is 10.1 Å². The number of nitro benzene ring substituents is 1. The van der Waals surface area contributed by atoms with Gasteiger partial charge in [0.2, 0.25) is 0 Å². The minimum Gasteiger partial charge on any atom is -0.378 e. The zero-order valence-electron chi connectivity index (χ0n) is 10.1. The molecule has 0 aromatic heterocycles. The molecule has 0 saturated carbocycles. The first-order chi connectivity index (χ1) is 9.47. The van der Waals surface area contributed by atoms with Gasteiger partial charge in [-0.05, 0) is 30.3 Å². The maximum absolute atomic E-state index is 13.6. The zero-order valence-corrected chi connectivity index (χ0v) is 12.4. The fourth-order valence-corrected chi connectivity index (χ4v) is 2.22. The first kappa shape index (κ1) is 14.7. The second kappa shape index (κ2) is 6.19. The average Bonchev–Trinajstić information content (AvgIpc) is 2.37. The molecule has 0 atom stereocenters. The molecule has 2 aromatic rings. The van der Waals surface area contributed by atoms with E-state index in [1.54, 1.807) is 12.1 Å². The maximum atomic E-state index is 13.6. The van der Waals surface area contributed by atoms with Crippen molar-refractivity contribution in [1.82, 2.24) is 0 Å². The van der Waals surface area contributed by atoms with Crippen LogP contribution in [0.1, 0.15) is 5.56 Å². The molecule has 1 N–H and O–H groups in total. The highest BCUT2D eigenvalue weighted by Crippen LogP contribution is 2.25. The van der Waals surface area contributed by atoms with E-state index in [9.17, 15) is 14.5 Å². The van der Waals surface area contributed by atoms with E-state index < -0.39 is 10.7 Å². The van der Waals surface area contributed by atoms with E-state index in [-0.39, 0.29) is 17.9 Å². The summed E-state index contributed by atoms with van der Waals surface area (Å²) in [7, 11) is 0. The molecule has 0 saturated heterocycles. The minimum absolute atomic E-state index is 0.0561. The van der Waals surface area contributed by atoms with Crippen molar-refractivity contribution in [2.24, 2.45) is 0 Å². The van der Waals surface area contributed by atoms with E-state index in [4.69, 9.17) is 11.6 Å². The molecule has 0 unspecified atom stereocenters. The van der Waals surface area contributed by atoms with Gasteiger partial charge in [-0.15, -0.1) is 0 Å². The Bertz CT molecular complexity index is 667. The summed E-state index contributed by atoms with van der Waals surface area (Å²) in [5, 5.41) is 14.1. The predicted octanol–water partition coefficient (Wildman–Crippen LogP) is 4.76. The lowest BCUT2D eigenvalue weighted by atomic mass is 10.1. The molecule has 0 aliphatic rings. The van der Waals surface area contributed by atoms with Crippen molar-refractivity contribution in [3.05, 3.63) is 67.4 Å². The van der Waals surface area contributed by atoms with Crippen molar-refractivity contribution < 1.29 is 9.31 Å². The Morgan fingerprint density at radius 3 is 2.70 bits per heavy atom. The lowest BCUT2D eigenvalue weighted by molar-refractivity contribution is -0.385. The standard InChI is InChI=1S/C13H9BrClFN2O2/c14-9-1-3-12(11(16)6-9)17-7-8-5-10(15)2-4-13(8)18(19)20/h1-6,17H,7H2. The number of nitro groups is 1. The molecule has 4 nitrogen and oxygen atoms in total. The quantitative estimate of drug-likeness (QED) is 0.632. The van der Waals surface area contributed by atoms with Crippen molar-refractivity contribution in [1.29, 1.82) is 0 Å². The average molecular weight is 360 g/mol. The van der Waals surface area contributed by atoms with E-state index in [0.29, 0.717) is 15.1 Å². The molecule has 0 aliphatic carbocycles. The van der Waals surface area contributed by atoms with Crippen LogP contribution < -0.4 is 5.32 Å². The summed E-state index contributed by atoms with van der Waals surface area (Å²) in [4.78, 5) is 10.4. The number of nitrogens with zero attached hydrogens (tertiary/aromatic N) is 1. The van der Waals surface area contributed by atoms with E-state index >= 15 is 0 Å². The molecule has 0 amide bonds. The number of rotatable bonds is 4. The van der Waals surface area contributed by atoms with Crippen LogP contribution in [-0.4, -0.2) is 4.92 Å². The summed E-state index contributed by atoms with van der Waals surface area (Å²) >= 11 is 8.98. The van der Waals surface area contributed by atoms with Crippen LogP contribution in [0.5, 0.6) is 0 Å². The van der Waals surface area contributed by atoms with Gasteiger partial charge in [0, 0.05) is 22.1 Å². The fraction of sp³-hybridized carbons (Fsp3) is 0.0769. The van der Waals surface area contributed by atoms with Gasteiger partial charge in [0.15, 0.2) is 0 Å². The van der Waals surface area contributed by atoms with Crippen molar-refractivity contribution >= 4 is 38.9 Å². The van der Waals surface area contributed by atoms with Crippen LogP contribution in [0.3, 0.4) is 0 Å². The van der Waals surface area contributed by atoms with Gasteiger partial charge in [-0.25, -0.2) is 4.39 Å². The van der Waals surface area contributed by atoms with E-state index in [0.717, 1.165) is 0 Å². The highest BCUT2D eigenvalue weighted by molar-refractivity contribution is 9.10. The Morgan fingerprint density at radius 2 is 2.05 bits per heavy atom. The minimum atomic E-state index is -0.495. The van der Waals surface area contributed by atoms with Crippen LogP contribution in [0.15, 0.2) is 40.9 Å². The van der Waals surface area contributed by atoms with E-state index in [1.807, 2.05) is 0 Å². The molecule has 0 spiro atoms. The number of halogens is 3. The molecular weight excluding hydrogens is 351 g/mol. The molecule has 0 bridgehead atoms. The number of anilines is 1. The summed E-state index contributed by atoms with van der Waals surface area (Å²) in [5.74, 6) is -0.441. The van der Waals surface area contributed by atoms with Crippen LogP contribution in [-0.2, 0) is 6.54 Å². The maximum Gasteiger partial charge on any atom is 0.274 e. The Hall–Kier alpha value is -1.66. The second-order valence-electron chi connectivity index (χ2n) is 4.01. The smallest absolute Gasteiger partial charge is 0.274 e. The van der Waals surface area contributed by atoms with Crippen molar-refractivity contribution in [2.45, 2.75) is 6.54 Å². The number of nitrogens with one attached hydrogen (secondary N) is 1. The molecule has 0 heterocycles. The van der Waals surface area contributed by atoms with E-state index in [2.05, 4.69) is 21.2 Å². The molecule has 0 radical (unpaired) electrons. The molecular formula is C13H9BrClFN2O2. The molecule has 104 valence electrons. The summed E-state index contributed by atoms with van der Waals surface area (Å²) in [6.07, 6.45) is 0. The predicted molar refractivity (Wildman–Crippen MR) is 79.5 cm³/mol. The topological polar surface area (TPSA) is 55.2 Å². The van der Waals surface area contributed by atoms with Crippen LogP contribution in [0.4, 0.5) is 15.8 Å². The molecule has 2 aromatic carbocycles. The lowest BCUT2D eigenvalue weighted by Crippen LogP contribution is -2.04. The fourth-order valence-electron chi connectivity index (χ4n) is 1.70. The summed E-state index contributed by atoms with van der Waals surface area (Å²) in [5.41, 5.74) is 0.603. The van der Waals surface area contributed by atoms with Gasteiger partial charge >= 0.3 is 0 Å². The Labute approximate surface area is 127 Å². The first-order valence-corrected chi connectivity index (χ1v) is 6.76. The molecule has 2 rings (SSSR count). The van der Waals surface area contributed by atoms with Gasteiger partial charge in [-0.2, -0.15) is 0 Å². The van der Waals surface area contributed by atoms with Gasteiger partial charge in [0.25, 0.3) is 5.69 Å². The Balaban J connectivity index is 2.22. The summed E-state index contributed by atoms with van der Waals surface area (Å²) in [6.45, 7) is 0.107. The van der Waals surface area contributed by atoms with Gasteiger partial charge < -0.3 is 5.32 Å². The number of hydrogen-bond acceptors (Lipinski definition) is 3. The largest absolute Gasteiger partial charge is 0.378 e. The van der Waals surface area contributed by atoms with Gasteiger partial charge in [0.1, 0.15) is 5.82 Å². The normalized spacial score (nSPS) is 10.3. The van der Waals surface area contributed by atoms with Crippen molar-refractivity contribution in [2.75, 3.05) is 5.32 Å². The zero-order chi connectivity index (χ0) is 14.7. The van der Waals surface area contributed by atoms with Crippen LogP contribution in [0.2, 0.25) is 5.02 Å². The van der Waals surface area contributed by atoms with Crippen LogP contribution in [0.25, 0.3) is 0 Å². The number of hydrogen-bond donors (Lipinski definition) is 1.